The normalized spacial score (nSPS) is 20.9. The molecule has 1 amide bonds. The van der Waals surface area contributed by atoms with E-state index >= 15 is 0 Å². The summed E-state index contributed by atoms with van der Waals surface area (Å²) >= 11 is 0. The average molecular weight is 184 g/mol. The zero-order valence-corrected chi connectivity index (χ0v) is 9.05. The van der Waals surface area contributed by atoms with Crippen molar-refractivity contribution >= 4 is 5.91 Å². The molecular formula is C10H20N2O. The van der Waals surface area contributed by atoms with E-state index in [1.165, 1.54) is 12.8 Å². The molecule has 0 aromatic carbocycles. The summed E-state index contributed by atoms with van der Waals surface area (Å²) in [5.41, 5.74) is 0.451. The maximum Gasteiger partial charge on any atom is 0.236 e. The lowest BCUT2D eigenvalue weighted by Gasteiger charge is -2.21. The number of carbonyl (C=O) groups is 1. The van der Waals surface area contributed by atoms with Crippen molar-refractivity contribution in [1.82, 2.24) is 10.2 Å². The minimum atomic E-state index is 0.149. The van der Waals surface area contributed by atoms with Crippen LogP contribution in [-0.2, 0) is 4.79 Å². The third-order valence-corrected chi connectivity index (χ3v) is 3.14. The first kappa shape index (κ1) is 10.5. The van der Waals surface area contributed by atoms with E-state index in [1.807, 2.05) is 0 Å². The van der Waals surface area contributed by atoms with E-state index < -0.39 is 0 Å². The quantitative estimate of drug-likeness (QED) is 0.702. The zero-order chi connectivity index (χ0) is 10.1. The SMILES string of the molecule is CC(NCC(=O)N(C)C)C1(C)CC1. The predicted molar refractivity (Wildman–Crippen MR) is 53.5 cm³/mol. The maximum atomic E-state index is 11.3. The largest absolute Gasteiger partial charge is 0.348 e. The van der Waals surface area contributed by atoms with Crippen LogP contribution in [0.25, 0.3) is 0 Å². The molecule has 0 aliphatic heterocycles. The molecule has 1 aliphatic carbocycles. The fourth-order valence-electron chi connectivity index (χ4n) is 1.28. The molecule has 1 N–H and O–H groups in total. The summed E-state index contributed by atoms with van der Waals surface area (Å²) in [5, 5.41) is 3.27. The molecule has 0 bridgehead atoms. The number of hydrogen-bond donors (Lipinski definition) is 1. The molecule has 1 saturated carbocycles. The summed E-state index contributed by atoms with van der Waals surface area (Å²) in [6.45, 7) is 4.89. The van der Waals surface area contributed by atoms with E-state index in [0.29, 0.717) is 18.0 Å². The molecule has 1 rings (SSSR count). The molecule has 3 nitrogen and oxygen atoms in total. The molecular weight excluding hydrogens is 164 g/mol. The van der Waals surface area contributed by atoms with Crippen LogP contribution < -0.4 is 5.32 Å². The van der Waals surface area contributed by atoms with Crippen LogP contribution in [0.5, 0.6) is 0 Å². The van der Waals surface area contributed by atoms with Crippen LogP contribution in [0.4, 0.5) is 0 Å². The number of carbonyl (C=O) groups excluding carboxylic acids is 1. The molecule has 1 fully saturated rings. The smallest absolute Gasteiger partial charge is 0.236 e. The molecule has 1 aliphatic rings. The summed E-state index contributed by atoms with van der Waals surface area (Å²) < 4.78 is 0. The van der Waals surface area contributed by atoms with Gasteiger partial charge in [0.05, 0.1) is 6.54 Å². The fraction of sp³-hybridized carbons (Fsp3) is 0.900. The molecule has 0 aromatic heterocycles. The van der Waals surface area contributed by atoms with Crippen LogP contribution in [0.2, 0.25) is 0 Å². The summed E-state index contributed by atoms with van der Waals surface area (Å²) in [5.74, 6) is 0.149. The molecule has 1 atom stereocenters. The van der Waals surface area contributed by atoms with Crippen molar-refractivity contribution in [3.63, 3.8) is 0 Å². The number of amides is 1. The first-order chi connectivity index (χ1) is 5.96. The van der Waals surface area contributed by atoms with Gasteiger partial charge in [-0.2, -0.15) is 0 Å². The number of nitrogens with one attached hydrogen (secondary N) is 1. The Labute approximate surface area is 80.5 Å². The minimum absolute atomic E-state index is 0.149. The topological polar surface area (TPSA) is 32.3 Å². The lowest BCUT2D eigenvalue weighted by Crippen LogP contribution is -2.40. The molecule has 76 valence electrons. The monoisotopic (exact) mass is 184 g/mol. The number of rotatable bonds is 4. The van der Waals surface area contributed by atoms with Gasteiger partial charge in [0.15, 0.2) is 0 Å². The van der Waals surface area contributed by atoms with E-state index in [-0.39, 0.29) is 5.91 Å². The van der Waals surface area contributed by atoms with E-state index in [0.717, 1.165) is 0 Å². The van der Waals surface area contributed by atoms with Crippen molar-refractivity contribution in [2.45, 2.75) is 32.7 Å². The van der Waals surface area contributed by atoms with Gasteiger partial charge in [0, 0.05) is 20.1 Å². The third-order valence-electron chi connectivity index (χ3n) is 3.14. The Hall–Kier alpha value is -0.570. The molecule has 0 heterocycles. The Morgan fingerprint density at radius 2 is 2.08 bits per heavy atom. The molecule has 1 unspecified atom stereocenters. The predicted octanol–water partition coefficient (Wildman–Crippen LogP) is 0.853. The van der Waals surface area contributed by atoms with E-state index in [2.05, 4.69) is 19.2 Å². The molecule has 0 aromatic rings. The van der Waals surface area contributed by atoms with Crippen molar-refractivity contribution < 1.29 is 4.79 Å². The molecule has 13 heavy (non-hydrogen) atoms. The summed E-state index contributed by atoms with van der Waals surface area (Å²) in [4.78, 5) is 12.9. The first-order valence-corrected chi connectivity index (χ1v) is 4.89. The maximum absolute atomic E-state index is 11.3. The van der Waals surface area contributed by atoms with Crippen LogP contribution in [-0.4, -0.2) is 37.5 Å². The number of hydrogen-bond acceptors (Lipinski definition) is 2. The lowest BCUT2D eigenvalue weighted by molar-refractivity contribution is -0.127. The van der Waals surface area contributed by atoms with Crippen LogP contribution in [0.3, 0.4) is 0 Å². The zero-order valence-electron chi connectivity index (χ0n) is 9.05. The second kappa shape index (κ2) is 3.66. The minimum Gasteiger partial charge on any atom is -0.348 e. The van der Waals surface area contributed by atoms with Gasteiger partial charge in [-0.15, -0.1) is 0 Å². The Kier molecular flexibility index (Phi) is 2.96. The van der Waals surface area contributed by atoms with Crippen LogP contribution >= 0.6 is 0 Å². The van der Waals surface area contributed by atoms with Crippen molar-refractivity contribution in [2.75, 3.05) is 20.6 Å². The Morgan fingerprint density at radius 3 is 2.46 bits per heavy atom. The highest BCUT2D eigenvalue weighted by Gasteiger charge is 2.42. The molecule has 0 saturated heterocycles. The van der Waals surface area contributed by atoms with Crippen molar-refractivity contribution in [1.29, 1.82) is 0 Å². The Bertz CT molecular complexity index is 197. The van der Waals surface area contributed by atoms with Gasteiger partial charge in [-0.3, -0.25) is 4.79 Å². The summed E-state index contributed by atoms with van der Waals surface area (Å²) in [6, 6.07) is 0.455. The molecule has 3 heteroatoms. The standard InChI is InChI=1S/C10H20N2O/c1-8(10(2)5-6-10)11-7-9(13)12(3)4/h8,11H,5-7H2,1-4H3. The second-order valence-corrected chi connectivity index (χ2v) is 4.54. The van der Waals surface area contributed by atoms with Gasteiger partial charge in [-0.05, 0) is 25.2 Å². The van der Waals surface area contributed by atoms with Crippen LogP contribution in [0, 0.1) is 5.41 Å². The van der Waals surface area contributed by atoms with Gasteiger partial charge < -0.3 is 10.2 Å². The fourth-order valence-corrected chi connectivity index (χ4v) is 1.28. The highest BCUT2D eigenvalue weighted by atomic mass is 16.2. The summed E-state index contributed by atoms with van der Waals surface area (Å²) in [7, 11) is 3.57. The first-order valence-electron chi connectivity index (χ1n) is 4.89. The lowest BCUT2D eigenvalue weighted by atomic mass is 10.0. The molecule has 0 radical (unpaired) electrons. The Balaban J connectivity index is 2.22. The number of likely N-dealkylation sites (N-methyl/N-ethyl adjacent to an activating group) is 1. The van der Waals surface area contributed by atoms with Gasteiger partial charge in [-0.25, -0.2) is 0 Å². The van der Waals surface area contributed by atoms with Gasteiger partial charge >= 0.3 is 0 Å². The van der Waals surface area contributed by atoms with Gasteiger partial charge in [0.1, 0.15) is 0 Å². The van der Waals surface area contributed by atoms with Crippen molar-refractivity contribution in [3.05, 3.63) is 0 Å². The van der Waals surface area contributed by atoms with E-state index in [1.54, 1.807) is 19.0 Å². The Morgan fingerprint density at radius 1 is 1.54 bits per heavy atom. The van der Waals surface area contributed by atoms with E-state index in [9.17, 15) is 4.79 Å². The van der Waals surface area contributed by atoms with Crippen molar-refractivity contribution in [3.8, 4) is 0 Å². The summed E-state index contributed by atoms with van der Waals surface area (Å²) in [6.07, 6.45) is 2.58. The number of nitrogens with zero attached hydrogens (tertiary/aromatic N) is 1. The van der Waals surface area contributed by atoms with Gasteiger partial charge in [0.25, 0.3) is 0 Å². The second-order valence-electron chi connectivity index (χ2n) is 4.54. The van der Waals surface area contributed by atoms with Crippen LogP contribution in [0.15, 0.2) is 0 Å². The highest BCUT2D eigenvalue weighted by molar-refractivity contribution is 5.77. The van der Waals surface area contributed by atoms with Crippen LogP contribution in [0.1, 0.15) is 26.7 Å². The van der Waals surface area contributed by atoms with Gasteiger partial charge in [-0.1, -0.05) is 6.92 Å². The highest BCUT2D eigenvalue weighted by Crippen LogP contribution is 2.47. The average Bonchev–Trinajstić information content (AvgIpc) is 2.79. The van der Waals surface area contributed by atoms with Gasteiger partial charge in [0.2, 0.25) is 5.91 Å². The van der Waals surface area contributed by atoms with Crippen molar-refractivity contribution in [2.24, 2.45) is 5.41 Å². The third kappa shape index (κ3) is 2.69. The van der Waals surface area contributed by atoms with E-state index in [4.69, 9.17) is 0 Å². The molecule has 0 spiro atoms.